The smallest absolute Gasteiger partial charge is 0.127 e. The van der Waals surface area contributed by atoms with Crippen molar-refractivity contribution < 1.29 is 9.84 Å². The van der Waals surface area contributed by atoms with Crippen molar-refractivity contribution in [1.29, 1.82) is 0 Å². The first-order valence-corrected chi connectivity index (χ1v) is 7.11. The predicted molar refractivity (Wildman–Crippen MR) is 74.6 cm³/mol. The number of rotatable bonds is 4. The Kier molecular flexibility index (Phi) is 3.62. The Morgan fingerprint density at radius 3 is 2.68 bits per heavy atom. The molecule has 0 amide bonds. The normalized spacial score (nSPS) is 22.2. The van der Waals surface area contributed by atoms with E-state index in [1.165, 1.54) is 18.4 Å². The van der Waals surface area contributed by atoms with E-state index in [1.807, 2.05) is 6.07 Å². The molecular weight excluding hydrogens is 240 g/mol. The van der Waals surface area contributed by atoms with Crippen LogP contribution >= 0.6 is 0 Å². The Morgan fingerprint density at radius 1 is 1.32 bits per heavy atom. The maximum absolute atomic E-state index is 9.61. The van der Waals surface area contributed by atoms with Crippen LogP contribution in [0.2, 0.25) is 0 Å². The van der Waals surface area contributed by atoms with Crippen molar-refractivity contribution in [2.24, 2.45) is 5.92 Å². The molecule has 0 unspecified atom stereocenters. The van der Waals surface area contributed by atoms with Crippen LogP contribution in [-0.4, -0.2) is 43.3 Å². The molecule has 3 rings (SSSR count). The van der Waals surface area contributed by atoms with Crippen molar-refractivity contribution in [3.8, 4) is 11.5 Å². The van der Waals surface area contributed by atoms with Gasteiger partial charge in [-0.3, -0.25) is 4.90 Å². The standard InChI is InChI=1S/C15H22N2O2/c1-19-14-10-12(18)4-5-13(14)15(11-2-3-11)17-8-6-16-7-9-17/h4-5,10-11,15-16,18H,2-3,6-9H2,1H3/t15-/m1/s1. The fourth-order valence-electron chi connectivity index (χ4n) is 3.07. The largest absolute Gasteiger partial charge is 0.508 e. The van der Waals surface area contributed by atoms with Crippen molar-refractivity contribution in [3.05, 3.63) is 23.8 Å². The minimum absolute atomic E-state index is 0.274. The number of nitrogens with one attached hydrogen (secondary N) is 1. The van der Waals surface area contributed by atoms with Crippen LogP contribution < -0.4 is 10.1 Å². The van der Waals surface area contributed by atoms with E-state index in [9.17, 15) is 5.11 Å². The van der Waals surface area contributed by atoms with E-state index in [0.29, 0.717) is 6.04 Å². The minimum Gasteiger partial charge on any atom is -0.508 e. The Labute approximate surface area is 114 Å². The summed E-state index contributed by atoms with van der Waals surface area (Å²) in [5.41, 5.74) is 1.23. The molecule has 0 radical (unpaired) electrons. The monoisotopic (exact) mass is 262 g/mol. The molecule has 1 heterocycles. The van der Waals surface area contributed by atoms with Crippen LogP contribution in [0.1, 0.15) is 24.4 Å². The Bertz CT molecular complexity index is 440. The van der Waals surface area contributed by atoms with Crippen molar-refractivity contribution in [2.45, 2.75) is 18.9 Å². The van der Waals surface area contributed by atoms with Gasteiger partial charge >= 0.3 is 0 Å². The first-order chi connectivity index (χ1) is 9.29. The first kappa shape index (κ1) is 12.8. The summed E-state index contributed by atoms with van der Waals surface area (Å²) in [6.07, 6.45) is 2.61. The molecule has 2 N–H and O–H groups in total. The molecule has 1 aromatic rings. The van der Waals surface area contributed by atoms with Crippen LogP contribution in [0.4, 0.5) is 0 Å². The van der Waals surface area contributed by atoms with E-state index in [-0.39, 0.29) is 5.75 Å². The maximum atomic E-state index is 9.61. The Hall–Kier alpha value is -1.26. The molecule has 1 atom stereocenters. The number of hydrogen-bond acceptors (Lipinski definition) is 4. The number of piperazine rings is 1. The molecule has 2 fully saturated rings. The highest BCUT2D eigenvalue weighted by molar-refractivity contribution is 5.42. The molecule has 0 aromatic heterocycles. The highest BCUT2D eigenvalue weighted by atomic mass is 16.5. The van der Waals surface area contributed by atoms with Crippen LogP contribution in [0.5, 0.6) is 11.5 Å². The molecular formula is C15H22N2O2. The van der Waals surface area contributed by atoms with Crippen molar-refractivity contribution in [2.75, 3.05) is 33.3 Å². The van der Waals surface area contributed by atoms with Gasteiger partial charge in [-0.15, -0.1) is 0 Å². The number of ether oxygens (including phenoxy) is 1. The van der Waals surface area contributed by atoms with E-state index in [2.05, 4.69) is 10.2 Å². The van der Waals surface area contributed by atoms with Crippen LogP contribution in [0.3, 0.4) is 0 Å². The van der Waals surface area contributed by atoms with Crippen LogP contribution in [0, 0.1) is 5.92 Å². The third-order valence-corrected chi connectivity index (χ3v) is 4.15. The fraction of sp³-hybridized carbons (Fsp3) is 0.600. The lowest BCUT2D eigenvalue weighted by molar-refractivity contribution is 0.153. The van der Waals surface area contributed by atoms with Gasteiger partial charge in [-0.1, -0.05) is 6.07 Å². The van der Waals surface area contributed by atoms with Crippen LogP contribution in [0.25, 0.3) is 0 Å². The third-order valence-electron chi connectivity index (χ3n) is 4.15. The minimum atomic E-state index is 0.274. The second-order valence-electron chi connectivity index (χ2n) is 5.49. The lowest BCUT2D eigenvalue weighted by Crippen LogP contribution is -2.45. The van der Waals surface area contributed by atoms with Gasteiger partial charge in [-0.25, -0.2) is 0 Å². The topological polar surface area (TPSA) is 44.7 Å². The summed E-state index contributed by atoms with van der Waals surface area (Å²) < 4.78 is 5.47. The van der Waals surface area contributed by atoms with Crippen LogP contribution in [-0.2, 0) is 0 Å². The zero-order valence-electron chi connectivity index (χ0n) is 11.4. The molecule has 1 aromatic carbocycles. The fourth-order valence-corrected chi connectivity index (χ4v) is 3.07. The van der Waals surface area contributed by atoms with Gasteiger partial charge in [0.2, 0.25) is 0 Å². The molecule has 0 spiro atoms. The number of phenolic OH excluding ortho intramolecular Hbond substituents is 1. The van der Waals surface area contributed by atoms with Crippen LogP contribution in [0.15, 0.2) is 18.2 Å². The molecule has 4 nitrogen and oxygen atoms in total. The summed E-state index contributed by atoms with van der Waals surface area (Å²) in [6.45, 7) is 4.30. The number of aromatic hydroxyl groups is 1. The average Bonchev–Trinajstić information content (AvgIpc) is 3.26. The summed E-state index contributed by atoms with van der Waals surface area (Å²) >= 11 is 0. The highest BCUT2D eigenvalue weighted by Gasteiger charge is 2.38. The summed E-state index contributed by atoms with van der Waals surface area (Å²) in [6, 6.07) is 5.97. The Morgan fingerprint density at radius 2 is 2.05 bits per heavy atom. The summed E-state index contributed by atoms with van der Waals surface area (Å²) in [4.78, 5) is 2.56. The number of methoxy groups -OCH3 is 1. The van der Waals surface area contributed by atoms with Gasteiger partial charge in [0.15, 0.2) is 0 Å². The number of benzene rings is 1. The van der Waals surface area contributed by atoms with E-state index >= 15 is 0 Å². The summed E-state index contributed by atoms with van der Waals surface area (Å²) in [5.74, 6) is 1.84. The van der Waals surface area contributed by atoms with Crippen molar-refractivity contribution >= 4 is 0 Å². The maximum Gasteiger partial charge on any atom is 0.127 e. The third kappa shape index (κ3) is 2.69. The second-order valence-corrected chi connectivity index (χ2v) is 5.49. The zero-order chi connectivity index (χ0) is 13.2. The Balaban J connectivity index is 1.90. The number of hydrogen-bond donors (Lipinski definition) is 2. The number of nitrogens with zero attached hydrogens (tertiary/aromatic N) is 1. The molecule has 1 saturated heterocycles. The SMILES string of the molecule is COc1cc(O)ccc1[C@@H](C1CC1)N1CCNCC1. The summed E-state index contributed by atoms with van der Waals surface area (Å²) in [5, 5.41) is 13.0. The van der Waals surface area contributed by atoms with Gasteiger partial charge in [0.05, 0.1) is 7.11 Å². The van der Waals surface area contributed by atoms with Gasteiger partial charge in [0.25, 0.3) is 0 Å². The van der Waals surface area contributed by atoms with Gasteiger partial charge in [0, 0.05) is 43.9 Å². The van der Waals surface area contributed by atoms with E-state index in [4.69, 9.17) is 4.74 Å². The molecule has 1 saturated carbocycles. The molecule has 2 aliphatic rings. The lowest BCUT2D eigenvalue weighted by atomic mass is 9.98. The first-order valence-electron chi connectivity index (χ1n) is 7.11. The van der Waals surface area contributed by atoms with Crippen molar-refractivity contribution in [1.82, 2.24) is 10.2 Å². The molecule has 4 heteroatoms. The predicted octanol–water partition coefficient (Wildman–Crippen LogP) is 1.76. The lowest BCUT2D eigenvalue weighted by Gasteiger charge is -2.36. The van der Waals surface area contributed by atoms with E-state index < -0.39 is 0 Å². The molecule has 1 aliphatic heterocycles. The van der Waals surface area contributed by atoms with Gasteiger partial charge in [0.1, 0.15) is 11.5 Å². The molecule has 19 heavy (non-hydrogen) atoms. The van der Waals surface area contributed by atoms with Gasteiger partial charge < -0.3 is 15.2 Å². The molecule has 0 bridgehead atoms. The molecule has 1 aliphatic carbocycles. The summed E-state index contributed by atoms with van der Waals surface area (Å²) in [7, 11) is 1.68. The van der Waals surface area contributed by atoms with Gasteiger partial charge in [-0.05, 0) is 24.8 Å². The average molecular weight is 262 g/mol. The van der Waals surface area contributed by atoms with E-state index in [1.54, 1.807) is 19.2 Å². The zero-order valence-corrected chi connectivity index (χ0v) is 11.4. The van der Waals surface area contributed by atoms with Gasteiger partial charge in [-0.2, -0.15) is 0 Å². The molecule has 104 valence electrons. The number of phenols is 1. The van der Waals surface area contributed by atoms with Crippen molar-refractivity contribution in [3.63, 3.8) is 0 Å². The highest BCUT2D eigenvalue weighted by Crippen LogP contribution is 2.47. The quantitative estimate of drug-likeness (QED) is 0.868. The second kappa shape index (κ2) is 5.39. The van der Waals surface area contributed by atoms with E-state index in [0.717, 1.165) is 37.8 Å².